The molecule has 0 unspecified atom stereocenters. The van der Waals surface area contributed by atoms with E-state index < -0.39 is 6.29 Å². The molecule has 0 radical (unpaired) electrons. The number of benzene rings is 1. The number of ketones is 1. The minimum atomic E-state index is -0.798. The molecule has 1 fully saturated rings. The van der Waals surface area contributed by atoms with Crippen LogP contribution in [0.5, 0.6) is 0 Å². The maximum Gasteiger partial charge on any atom is 0.236 e. The minimum absolute atomic E-state index is 0.0269. The maximum absolute atomic E-state index is 12.4. The smallest absolute Gasteiger partial charge is 0.236 e. The first kappa shape index (κ1) is 13.0. The van der Waals surface area contributed by atoms with Crippen LogP contribution in [0, 0.1) is 0 Å². The number of nitrogens with zero attached hydrogens (tertiary/aromatic N) is 2. The van der Waals surface area contributed by atoms with Gasteiger partial charge in [0.1, 0.15) is 5.69 Å². The van der Waals surface area contributed by atoms with Crippen molar-refractivity contribution in [1.29, 1.82) is 0 Å². The lowest BCUT2D eigenvalue weighted by atomic mass is 10.1. The van der Waals surface area contributed by atoms with E-state index in [2.05, 4.69) is 4.98 Å². The van der Waals surface area contributed by atoms with Crippen LogP contribution in [-0.2, 0) is 9.47 Å². The maximum atomic E-state index is 12.4. The van der Waals surface area contributed by atoms with Crippen molar-refractivity contribution in [3.05, 3.63) is 54.1 Å². The molecule has 2 heterocycles. The highest BCUT2D eigenvalue weighted by Gasteiger charge is 2.29. The van der Waals surface area contributed by atoms with Gasteiger partial charge < -0.3 is 14.0 Å². The molecule has 0 bridgehead atoms. The highest BCUT2D eigenvalue weighted by atomic mass is 16.7. The minimum Gasteiger partial charge on any atom is -0.343 e. The fourth-order valence-electron chi connectivity index (χ4n) is 2.33. The van der Waals surface area contributed by atoms with Gasteiger partial charge in [0, 0.05) is 0 Å². The summed E-state index contributed by atoms with van der Waals surface area (Å²) < 4.78 is 12.4. The van der Waals surface area contributed by atoms with E-state index in [1.54, 1.807) is 12.5 Å². The summed E-state index contributed by atoms with van der Waals surface area (Å²) in [5, 5.41) is 0. The van der Waals surface area contributed by atoms with Crippen molar-refractivity contribution < 1.29 is 14.3 Å². The number of aromatic nitrogens is 2. The van der Waals surface area contributed by atoms with Gasteiger partial charge in [0.05, 0.1) is 31.8 Å². The third kappa shape index (κ3) is 2.37. The Bertz CT molecular complexity index is 588. The molecule has 0 amide bonds. The van der Waals surface area contributed by atoms with Crippen molar-refractivity contribution in [1.82, 2.24) is 9.55 Å². The van der Waals surface area contributed by atoms with Gasteiger partial charge >= 0.3 is 0 Å². The summed E-state index contributed by atoms with van der Waals surface area (Å²) in [5.74, 6) is -0.178. The van der Waals surface area contributed by atoms with Crippen LogP contribution in [0.25, 0.3) is 0 Å². The van der Waals surface area contributed by atoms with E-state index in [1.807, 2.05) is 41.8 Å². The fraction of sp³-hybridized carbons (Fsp3) is 0.333. The number of hydrogen-bond acceptors (Lipinski definition) is 4. The van der Waals surface area contributed by atoms with Crippen LogP contribution in [-0.4, -0.2) is 34.8 Å². The normalized spacial score (nSPS) is 17.2. The monoisotopic (exact) mass is 272 g/mol. The largest absolute Gasteiger partial charge is 0.343 e. The third-order valence-corrected chi connectivity index (χ3v) is 3.45. The van der Waals surface area contributed by atoms with Crippen LogP contribution in [0.2, 0.25) is 0 Å². The molecule has 1 aliphatic heterocycles. The van der Waals surface area contributed by atoms with Crippen molar-refractivity contribution in [3.8, 4) is 0 Å². The molecule has 0 spiro atoms. The van der Waals surface area contributed by atoms with Crippen LogP contribution in [0.3, 0.4) is 0 Å². The second kappa shape index (κ2) is 5.56. The molecule has 1 aromatic carbocycles. The molecule has 2 aromatic rings. The van der Waals surface area contributed by atoms with Crippen LogP contribution < -0.4 is 0 Å². The van der Waals surface area contributed by atoms with Crippen molar-refractivity contribution in [2.75, 3.05) is 13.2 Å². The average Bonchev–Trinajstić information content (AvgIpc) is 3.18. The number of rotatable bonds is 4. The first-order chi connectivity index (χ1) is 9.77. The van der Waals surface area contributed by atoms with Crippen molar-refractivity contribution in [2.45, 2.75) is 19.3 Å². The molecule has 1 aliphatic rings. The van der Waals surface area contributed by atoms with Crippen molar-refractivity contribution in [2.24, 2.45) is 0 Å². The second-order valence-corrected chi connectivity index (χ2v) is 4.71. The number of carbonyl (C=O) groups excluding carboxylic acids is 1. The van der Waals surface area contributed by atoms with Gasteiger partial charge in [0.25, 0.3) is 0 Å². The average molecular weight is 272 g/mol. The van der Waals surface area contributed by atoms with E-state index in [0.29, 0.717) is 18.9 Å². The van der Waals surface area contributed by atoms with Gasteiger partial charge in [0.2, 0.25) is 12.1 Å². The van der Waals surface area contributed by atoms with Crippen LogP contribution in [0.1, 0.15) is 29.0 Å². The lowest BCUT2D eigenvalue weighted by molar-refractivity contribution is -0.0220. The van der Waals surface area contributed by atoms with Gasteiger partial charge in [0.15, 0.2) is 0 Å². The lowest BCUT2D eigenvalue weighted by Gasteiger charge is -2.17. The number of Topliss-reactive ketones (excluding diaryl/α,β-unsaturated/α-hetero) is 1. The Morgan fingerprint density at radius 2 is 2.00 bits per heavy atom. The van der Waals surface area contributed by atoms with Crippen molar-refractivity contribution in [3.63, 3.8) is 0 Å². The van der Waals surface area contributed by atoms with Gasteiger partial charge in [-0.25, -0.2) is 4.98 Å². The number of imidazole rings is 1. The fourth-order valence-corrected chi connectivity index (χ4v) is 2.33. The molecule has 20 heavy (non-hydrogen) atoms. The number of carbonyl (C=O) groups is 1. The summed E-state index contributed by atoms with van der Waals surface area (Å²) >= 11 is 0. The summed E-state index contributed by atoms with van der Waals surface area (Å²) in [6.07, 6.45) is 2.43. The van der Waals surface area contributed by atoms with E-state index in [-0.39, 0.29) is 11.8 Å². The van der Waals surface area contributed by atoms with Crippen LogP contribution >= 0.6 is 0 Å². The lowest BCUT2D eigenvalue weighted by Crippen LogP contribution is -2.25. The van der Waals surface area contributed by atoms with Gasteiger partial charge in [-0.1, -0.05) is 30.3 Å². The Hall–Kier alpha value is -1.98. The Labute approximate surface area is 117 Å². The second-order valence-electron chi connectivity index (χ2n) is 4.71. The molecule has 104 valence electrons. The predicted octanol–water partition coefficient (Wildman–Crippen LogP) is 2.05. The zero-order chi connectivity index (χ0) is 13.9. The summed E-state index contributed by atoms with van der Waals surface area (Å²) in [6.45, 7) is 2.95. The molecule has 5 nitrogen and oxygen atoms in total. The van der Waals surface area contributed by atoms with Gasteiger partial charge in [-0.05, 0) is 12.5 Å². The Balaban J connectivity index is 1.88. The topological polar surface area (TPSA) is 53.4 Å². The standard InChI is InChI=1S/C15H16N2O3/c1-11(12-5-3-2-4-6-12)17-10-16-9-13(17)14(18)15-19-7-8-20-15/h2-6,9-11,15H,7-8H2,1H3/t11-/m1/s1. The Morgan fingerprint density at radius 1 is 1.30 bits per heavy atom. The summed E-state index contributed by atoms with van der Waals surface area (Å²) in [4.78, 5) is 16.4. The van der Waals surface area contributed by atoms with Gasteiger partial charge in [-0.15, -0.1) is 0 Å². The van der Waals surface area contributed by atoms with E-state index in [1.165, 1.54) is 0 Å². The molecule has 3 rings (SSSR count). The van der Waals surface area contributed by atoms with Crippen molar-refractivity contribution >= 4 is 5.78 Å². The Kier molecular flexibility index (Phi) is 3.62. The number of ether oxygens (including phenoxy) is 2. The van der Waals surface area contributed by atoms with E-state index >= 15 is 0 Å². The summed E-state index contributed by atoms with van der Waals surface area (Å²) in [5.41, 5.74) is 1.63. The van der Waals surface area contributed by atoms with Gasteiger partial charge in [-0.3, -0.25) is 4.79 Å². The van der Waals surface area contributed by atoms with Crippen LogP contribution in [0.15, 0.2) is 42.9 Å². The number of hydrogen-bond donors (Lipinski definition) is 0. The third-order valence-electron chi connectivity index (χ3n) is 3.45. The molecule has 0 aliphatic carbocycles. The van der Waals surface area contributed by atoms with E-state index in [4.69, 9.17) is 9.47 Å². The molecule has 0 N–H and O–H groups in total. The molecular formula is C15H16N2O3. The highest BCUT2D eigenvalue weighted by Crippen LogP contribution is 2.21. The van der Waals surface area contributed by atoms with E-state index in [9.17, 15) is 4.79 Å². The molecular weight excluding hydrogens is 256 g/mol. The zero-order valence-corrected chi connectivity index (χ0v) is 11.2. The molecule has 1 aromatic heterocycles. The predicted molar refractivity (Wildman–Crippen MR) is 72.5 cm³/mol. The SMILES string of the molecule is C[C@H](c1ccccc1)n1cncc1C(=O)C1OCCO1. The zero-order valence-electron chi connectivity index (χ0n) is 11.2. The van der Waals surface area contributed by atoms with Crippen LogP contribution in [0.4, 0.5) is 0 Å². The molecule has 5 heteroatoms. The summed E-state index contributed by atoms with van der Waals surface area (Å²) in [6, 6.07) is 10.0. The Morgan fingerprint density at radius 3 is 2.70 bits per heavy atom. The quantitative estimate of drug-likeness (QED) is 0.799. The van der Waals surface area contributed by atoms with E-state index in [0.717, 1.165) is 5.56 Å². The first-order valence-electron chi connectivity index (χ1n) is 6.61. The molecule has 1 saturated heterocycles. The molecule has 0 saturated carbocycles. The first-order valence-corrected chi connectivity index (χ1v) is 6.61. The summed E-state index contributed by atoms with van der Waals surface area (Å²) in [7, 11) is 0. The van der Waals surface area contributed by atoms with Gasteiger partial charge in [-0.2, -0.15) is 0 Å². The highest BCUT2D eigenvalue weighted by molar-refractivity contribution is 5.97. The molecule has 1 atom stereocenters.